The first-order chi connectivity index (χ1) is 26.0. The number of rotatable bonds is 22. The van der Waals surface area contributed by atoms with E-state index in [1.807, 2.05) is 19.9 Å². The number of aryl methyl sites for hydroxylation is 1. The van der Waals surface area contributed by atoms with Gasteiger partial charge in [0.05, 0.1) is 25.8 Å². The lowest BCUT2D eigenvalue weighted by Gasteiger charge is -2.27. The van der Waals surface area contributed by atoms with Crippen LogP contribution in [0.5, 0.6) is 5.75 Å². The van der Waals surface area contributed by atoms with Crippen LogP contribution in [0, 0.1) is 19.8 Å². The van der Waals surface area contributed by atoms with Crippen LogP contribution in [0.2, 0.25) is 0 Å². The summed E-state index contributed by atoms with van der Waals surface area (Å²) in [5, 5.41) is 5.48. The molecule has 0 aromatic heterocycles. The fraction of sp³-hybridized carbons (Fsp3) is 0.538. The lowest BCUT2D eigenvalue weighted by atomic mass is 9.97. The van der Waals surface area contributed by atoms with E-state index in [0.29, 0.717) is 40.9 Å². The molecule has 0 aliphatic heterocycles. The maximum atomic E-state index is 13.9. The fourth-order valence-corrected chi connectivity index (χ4v) is 6.04. The summed E-state index contributed by atoms with van der Waals surface area (Å²) in [4.78, 5) is 78.9. The smallest absolute Gasteiger partial charge is 0.469 e. The molecule has 2 aromatic carbocycles. The lowest BCUT2D eigenvalue weighted by molar-refractivity contribution is -0.149. The molecule has 304 valence electrons. The van der Waals surface area contributed by atoms with Crippen molar-refractivity contribution in [2.24, 2.45) is 17.4 Å². The second-order valence-electron chi connectivity index (χ2n) is 13.8. The molecule has 4 atom stereocenters. The average molecular weight is 788 g/mol. The molecular formula is C39H57N5O10S. The molecule has 0 aliphatic rings. The molecule has 0 bridgehead atoms. The van der Waals surface area contributed by atoms with E-state index in [-0.39, 0.29) is 62.2 Å². The molecule has 0 heterocycles. The van der Waals surface area contributed by atoms with Gasteiger partial charge in [-0.15, -0.1) is 0 Å². The predicted molar refractivity (Wildman–Crippen MR) is 208 cm³/mol. The lowest BCUT2D eigenvalue weighted by Crippen LogP contribution is -2.57. The Hall–Kier alpha value is -4.67. The SMILES string of the molecule is COC(=O)CCCCCNC(=O)[C@H](Cc1ccccc1)NC(=O)CN(C(=O)[C@H](N)CCS(C)=O)C(=O)[C@@H](N)Cc1ccc(C)c(OC(=O)OCC(C)C)c1C. The zero-order valence-electron chi connectivity index (χ0n) is 32.7. The number of carbonyl (C=O) groups is 6. The van der Waals surface area contributed by atoms with Crippen molar-refractivity contribution in [3.63, 3.8) is 0 Å². The molecule has 2 rings (SSSR count). The minimum absolute atomic E-state index is 0.0219. The van der Waals surface area contributed by atoms with Crippen molar-refractivity contribution in [1.82, 2.24) is 15.5 Å². The van der Waals surface area contributed by atoms with Gasteiger partial charge in [0, 0.05) is 42.2 Å². The highest BCUT2D eigenvalue weighted by Gasteiger charge is 2.33. The molecule has 4 amide bonds. The first kappa shape index (κ1) is 46.5. The number of ether oxygens (including phenoxy) is 3. The second kappa shape index (κ2) is 24.0. The molecule has 0 fully saturated rings. The van der Waals surface area contributed by atoms with Gasteiger partial charge in [0.25, 0.3) is 0 Å². The van der Waals surface area contributed by atoms with Crippen LogP contribution in [-0.4, -0.2) is 102 Å². The molecule has 55 heavy (non-hydrogen) atoms. The minimum Gasteiger partial charge on any atom is -0.469 e. The predicted octanol–water partition coefficient (Wildman–Crippen LogP) is 2.37. The Labute approximate surface area is 326 Å². The van der Waals surface area contributed by atoms with Crippen molar-refractivity contribution in [2.75, 3.05) is 38.8 Å². The van der Waals surface area contributed by atoms with E-state index >= 15 is 0 Å². The van der Waals surface area contributed by atoms with Crippen LogP contribution in [0.1, 0.15) is 68.2 Å². The minimum atomic E-state index is -1.34. The number of methoxy groups -OCH3 is 1. The van der Waals surface area contributed by atoms with E-state index in [1.54, 1.807) is 50.2 Å². The monoisotopic (exact) mass is 787 g/mol. The number of amides is 4. The molecule has 0 saturated heterocycles. The largest absolute Gasteiger partial charge is 0.513 e. The van der Waals surface area contributed by atoms with E-state index in [0.717, 1.165) is 5.56 Å². The van der Waals surface area contributed by atoms with E-state index < -0.39 is 65.3 Å². The molecule has 2 aromatic rings. The van der Waals surface area contributed by atoms with E-state index in [1.165, 1.54) is 13.4 Å². The highest BCUT2D eigenvalue weighted by Crippen LogP contribution is 2.28. The summed E-state index contributed by atoms with van der Waals surface area (Å²) in [7, 11) is 0.0436. The third kappa shape index (κ3) is 16.7. The normalized spacial score (nSPS) is 13.2. The van der Waals surface area contributed by atoms with Crippen LogP contribution in [0.15, 0.2) is 42.5 Å². The summed E-state index contributed by atoms with van der Waals surface area (Å²) in [6, 6.07) is 8.74. The van der Waals surface area contributed by atoms with Crippen LogP contribution >= 0.6 is 0 Å². The van der Waals surface area contributed by atoms with Crippen molar-refractivity contribution in [3.8, 4) is 5.75 Å². The van der Waals surface area contributed by atoms with Crippen LogP contribution < -0.4 is 26.8 Å². The maximum absolute atomic E-state index is 13.9. The zero-order valence-corrected chi connectivity index (χ0v) is 33.5. The second-order valence-corrected chi connectivity index (χ2v) is 15.3. The summed E-state index contributed by atoms with van der Waals surface area (Å²) in [5.74, 6) is -2.96. The summed E-state index contributed by atoms with van der Waals surface area (Å²) in [6.07, 6.45) is 2.68. The quantitative estimate of drug-likeness (QED) is 0.0767. The highest BCUT2D eigenvalue weighted by atomic mass is 32.2. The number of unbranched alkanes of at least 4 members (excludes halogenated alkanes) is 2. The van der Waals surface area contributed by atoms with Crippen LogP contribution in [0.25, 0.3) is 0 Å². The summed E-state index contributed by atoms with van der Waals surface area (Å²) < 4.78 is 27.1. The number of imide groups is 1. The molecule has 15 nitrogen and oxygen atoms in total. The third-order valence-corrected chi connectivity index (χ3v) is 9.39. The van der Waals surface area contributed by atoms with Gasteiger partial charge in [-0.25, -0.2) is 4.79 Å². The van der Waals surface area contributed by atoms with Crippen molar-refractivity contribution < 1.29 is 47.2 Å². The molecule has 0 radical (unpaired) electrons. The Bertz CT molecular complexity index is 1640. The molecule has 16 heteroatoms. The molecule has 6 N–H and O–H groups in total. The number of hydrogen-bond acceptors (Lipinski definition) is 12. The number of nitrogens with one attached hydrogen (secondary N) is 2. The Morgan fingerprint density at radius 3 is 2.20 bits per heavy atom. The maximum Gasteiger partial charge on any atom is 0.513 e. The Morgan fingerprint density at radius 1 is 0.891 bits per heavy atom. The highest BCUT2D eigenvalue weighted by molar-refractivity contribution is 7.84. The Balaban J connectivity index is 2.28. The first-order valence-corrected chi connectivity index (χ1v) is 20.0. The number of benzene rings is 2. The van der Waals surface area contributed by atoms with Gasteiger partial charge in [0.1, 0.15) is 18.3 Å². The van der Waals surface area contributed by atoms with Crippen molar-refractivity contribution >= 4 is 46.6 Å². The van der Waals surface area contributed by atoms with Gasteiger partial charge < -0.3 is 36.3 Å². The van der Waals surface area contributed by atoms with Crippen molar-refractivity contribution in [2.45, 2.75) is 90.8 Å². The van der Waals surface area contributed by atoms with E-state index in [9.17, 15) is 33.0 Å². The van der Waals surface area contributed by atoms with Gasteiger partial charge >= 0.3 is 12.1 Å². The number of hydrogen-bond donors (Lipinski definition) is 4. The Kier molecular flexibility index (Phi) is 20.3. The van der Waals surface area contributed by atoms with Gasteiger partial charge in [-0.1, -0.05) is 62.7 Å². The van der Waals surface area contributed by atoms with Gasteiger partial charge in [-0.3, -0.25) is 33.1 Å². The molecule has 0 spiro atoms. The number of nitrogens with zero attached hydrogens (tertiary/aromatic N) is 1. The van der Waals surface area contributed by atoms with E-state index in [4.69, 9.17) is 20.9 Å². The number of esters is 1. The van der Waals surface area contributed by atoms with Gasteiger partial charge in [0.2, 0.25) is 23.6 Å². The fourth-order valence-electron chi connectivity index (χ4n) is 5.45. The van der Waals surface area contributed by atoms with E-state index in [2.05, 4.69) is 15.4 Å². The molecule has 1 unspecified atom stereocenters. The van der Waals surface area contributed by atoms with Crippen molar-refractivity contribution in [3.05, 3.63) is 64.7 Å². The van der Waals surface area contributed by atoms with Crippen LogP contribution in [0.4, 0.5) is 4.79 Å². The van der Waals surface area contributed by atoms with Gasteiger partial charge in [-0.05, 0) is 67.7 Å². The number of nitrogens with two attached hydrogens (primary N) is 2. The molecule has 0 saturated carbocycles. The summed E-state index contributed by atoms with van der Waals surface area (Å²) in [5.41, 5.74) is 15.0. The third-order valence-electron chi connectivity index (χ3n) is 8.58. The Morgan fingerprint density at radius 2 is 1.56 bits per heavy atom. The summed E-state index contributed by atoms with van der Waals surface area (Å²) >= 11 is 0. The molecular weight excluding hydrogens is 731 g/mol. The van der Waals surface area contributed by atoms with Gasteiger partial charge in [0.15, 0.2) is 0 Å². The van der Waals surface area contributed by atoms with Gasteiger partial charge in [-0.2, -0.15) is 0 Å². The average Bonchev–Trinajstić information content (AvgIpc) is 3.15. The number of carbonyl (C=O) groups excluding carboxylic acids is 6. The van der Waals surface area contributed by atoms with Crippen LogP contribution in [-0.2, 0) is 57.1 Å². The summed E-state index contributed by atoms with van der Waals surface area (Å²) in [6.45, 7) is 6.89. The molecule has 0 aliphatic carbocycles. The standard InChI is InChI=1S/C39H57N5O10S/c1-25(2)24-53-39(50)54-35-26(3)16-17-29(27(35)4)22-31(41)38(49)44(37(48)30(40)18-20-55(6)51)23-33(45)43-32(21-28-13-9-7-10-14-28)36(47)42-19-12-8-11-15-34(46)52-5/h7,9-10,13-14,16-17,25,30-32H,8,11-12,15,18-24,40-41H2,1-6H3,(H,42,47)(H,43,45)/t30-,31+,32+,55?/m1/s1. The van der Waals surface area contributed by atoms with Crippen molar-refractivity contribution in [1.29, 1.82) is 0 Å². The van der Waals surface area contributed by atoms with Crippen LogP contribution in [0.3, 0.4) is 0 Å². The first-order valence-electron chi connectivity index (χ1n) is 18.3. The zero-order chi connectivity index (χ0) is 41.1. The topological polar surface area (TPSA) is 227 Å².